The molecule has 5 heteroatoms. The van der Waals surface area contributed by atoms with Crippen LogP contribution in [0.5, 0.6) is 5.75 Å². The molecular weight excluding hydrogens is 260 g/mol. The fourth-order valence-corrected chi connectivity index (χ4v) is 2.54. The highest BCUT2D eigenvalue weighted by atomic mass is 32.1. The molecule has 0 saturated heterocycles. The van der Waals surface area contributed by atoms with Gasteiger partial charge in [0.2, 0.25) is 0 Å². The van der Waals surface area contributed by atoms with Crippen molar-refractivity contribution in [2.45, 2.75) is 13.5 Å². The Morgan fingerprint density at radius 1 is 1.42 bits per heavy atom. The van der Waals surface area contributed by atoms with Crippen LogP contribution < -0.4 is 4.74 Å². The van der Waals surface area contributed by atoms with Crippen LogP contribution in [0.25, 0.3) is 10.6 Å². The van der Waals surface area contributed by atoms with Crippen molar-refractivity contribution in [3.63, 3.8) is 0 Å². The molecule has 98 valence electrons. The summed E-state index contributed by atoms with van der Waals surface area (Å²) in [5, 5.41) is 9.89. The molecule has 0 unspecified atom stereocenters. The maximum absolute atomic E-state index is 9.08. The minimum absolute atomic E-state index is 0.352. The van der Waals surface area contributed by atoms with E-state index in [1.165, 1.54) is 11.3 Å². The van der Waals surface area contributed by atoms with Crippen molar-refractivity contribution >= 4 is 11.3 Å². The van der Waals surface area contributed by atoms with E-state index in [1.807, 2.05) is 31.2 Å². The summed E-state index contributed by atoms with van der Waals surface area (Å²) in [5.41, 5.74) is 1.64. The van der Waals surface area contributed by atoms with Gasteiger partial charge in [0.15, 0.2) is 0 Å². The second-order valence-corrected chi connectivity index (χ2v) is 4.80. The average molecular weight is 274 g/mol. The lowest BCUT2D eigenvalue weighted by atomic mass is 10.2. The normalized spacial score (nSPS) is 10.2. The zero-order chi connectivity index (χ0) is 13.7. The van der Waals surface area contributed by atoms with Crippen LogP contribution in [-0.2, 0) is 11.3 Å². The smallest absolute Gasteiger partial charge is 0.130 e. The van der Waals surface area contributed by atoms with Crippen LogP contribution in [0.4, 0.5) is 0 Å². The van der Waals surface area contributed by atoms with Crippen LogP contribution in [0.2, 0.25) is 0 Å². The molecule has 1 aromatic heterocycles. The standard InChI is InChI=1S/C14H14N2O2S/c1-3-18-11-6-4-5-10(7-11)14-16-12(9-17-2)13(8-15)19-14/h4-7H,3,9H2,1-2H3. The molecule has 1 heterocycles. The molecular formula is C14H14N2O2S. The molecule has 2 rings (SSSR count). The van der Waals surface area contributed by atoms with Crippen LogP contribution in [-0.4, -0.2) is 18.7 Å². The lowest BCUT2D eigenvalue weighted by Gasteiger charge is -2.03. The molecule has 0 bridgehead atoms. The Bertz CT molecular complexity index is 602. The summed E-state index contributed by atoms with van der Waals surface area (Å²) in [6.45, 7) is 2.92. The zero-order valence-electron chi connectivity index (χ0n) is 10.8. The molecule has 19 heavy (non-hydrogen) atoms. The van der Waals surface area contributed by atoms with E-state index in [0.717, 1.165) is 16.3 Å². The molecule has 0 N–H and O–H groups in total. The minimum Gasteiger partial charge on any atom is -0.494 e. The van der Waals surface area contributed by atoms with Crippen molar-refractivity contribution in [3.8, 4) is 22.4 Å². The van der Waals surface area contributed by atoms with E-state index in [4.69, 9.17) is 14.7 Å². The summed E-state index contributed by atoms with van der Waals surface area (Å²) in [4.78, 5) is 5.05. The molecule has 0 fully saturated rings. The molecule has 0 aliphatic rings. The fraction of sp³-hybridized carbons (Fsp3) is 0.286. The molecule has 0 atom stereocenters. The monoisotopic (exact) mass is 274 g/mol. The van der Waals surface area contributed by atoms with Gasteiger partial charge < -0.3 is 9.47 Å². The second kappa shape index (κ2) is 6.32. The first-order valence-corrected chi connectivity index (χ1v) is 6.72. The third-order valence-electron chi connectivity index (χ3n) is 2.47. The first-order valence-electron chi connectivity index (χ1n) is 5.90. The van der Waals surface area contributed by atoms with Gasteiger partial charge in [0.1, 0.15) is 21.7 Å². The third kappa shape index (κ3) is 3.11. The summed E-state index contributed by atoms with van der Waals surface area (Å²) in [7, 11) is 1.59. The van der Waals surface area contributed by atoms with Gasteiger partial charge in [0.25, 0.3) is 0 Å². The Kier molecular flexibility index (Phi) is 4.50. The fourth-order valence-electron chi connectivity index (χ4n) is 1.68. The molecule has 0 aliphatic carbocycles. The first-order chi connectivity index (χ1) is 9.28. The van der Waals surface area contributed by atoms with Gasteiger partial charge in [-0.2, -0.15) is 5.26 Å². The summed E-state index contributed by atoms with van der Waals surface area (Å²) >= 11 is 1.37. The number of aromatic nitrogens is 1. The molecule has 1 aromatic carbocycles. The Morgan fingerprint density at radius 3 is 2.95 bits per heavy atom. The van der Waals surface area contributed by atoms with E-state index in [2.05, 4.69) is 11.1 Å². The molecule has 2 aromatic rings. The van der Waals surface area contributed by atoms with Crippen LogP contribution in [0.1, 0.15) is 17.5 Å². The van der Waals surface area contributed by atoms with E-state index in [1.54, 1.807) is 7.11 Å². The van der Waals surface area contributed by atoms with Crippen molar-refractivity contribution < 1.29 is 9.47 Å². The van der Waals surface area contributed by atoms with E-state index in [9.17, 15) is 0 Å². The van der Waals surface area contributed by atoms with Crippen molar-refractivity contribution in [1.29, 1.82) is 5.26 Å². The molecule has 0 saturated carbocycles. The van der Waals surface area contributed by atoms with Gasteiger partial charge in [-0.25, -0.2) is 4.98 Å². The van der Waals surface area contributed by atoms with Crippen molar-refractivity contribution in [1.82, 2.24) is 4.98 Å². The SMILES string of the molecule is CCOc1cccc(-c2nc(COC)c(C#N)s2)c1. The molecule has 0 aliphatic heterocycles. The summed E-state index contributed by atoms with van der Waals surface area (Å²) in [5.74, 6) is 0.807. The number of methoxy groups -OCH3 is 1. The maximum Gasteiger partial charge on any atom is 0.130 e. The number of hydrogen-bond donors (Lipinski definition) is 0. The highest BCUT2D eigenvalue weighted by Crippen LogP contribution is 2.30. The van der Waals surface area contributed by atoms with Gasteiger partial charge in [-0.05, 0) is 19.1 Å². The molecule has 0 radical (unpaired) electrons. The lowest BCUT2D eigenvalue weighted by Crippen LogP contribution is -1.92. The predicted molar refractivity (Wildman–Crippen MR) is 74.1 cm³/mol. The molecule has 0 spiro atoms. The van der Waals surface area contributed by atoms with Crippen LogP contribution in [0, 0.1) is 11.3 Å². The van der Waals surface area contributed by atoms with E-state index in [-0.39, 0.29) is 0 Å². The van der Waals surface area contributed by atoms with Gasteiger partial charge in [0.05, 0.1) is 18.9 Å². The predicted octanol–water partition coefficient (Wildman–Crippen LogP) is 3.23. The van der Waals surface area contributed by atoms with Crippen molar-refractivity contribution in [2.75, 3.05) is 13.7 Å². The number of nitriles is 1. The van der Waals surface area contributed by atoms with Crippen LogP contribution >= 0.6 is 11.3 Å². The number of nitrogens with zero attached hydrogens (tertiary/aromatic N) is 2. The van der Waals surface area contributed by atoms with Crippen LogP contribution in [0.3, 0.4) is 0 Å². The third-order valence-corrected chi connectivity index (χ3v) is 3.52. The van der Waals surface area contributed by atoms with Gasteiger partial charge in [-0.3, -0.25) is 0 Å². The van der Waals surface area contributed by atoms with Gasteiger partial charge >= 0.3 is 0 Å². The summed E-state index contributed by atoms with van der Waals surface area (Å²) < 4.78 is 10.5. The highest BCUT2D eigenvalue weighted by molar-refractivity contribution is 7.15. The minimum atomic E-state index is 0.352. The quantitative estimate of drug-likeness (QED) is 0.840. The summed E-state index contributed by atoms with van der Waals surface area (Å²) in [6, 6.07) is 9.87. The van der Waals surface area contributed by atoms with Crippen LogP contribution in [0.15, 0.2) is 24.3 Å². The largest absolute Gasteiger partial charge is 0.494 e. The number of benzene rings is 1. The van der Waals surface area contributed by atoms with E-state index in [0.29, 0.717) is 23.8 Å². The van der Waals surface area contributed by atoms with Crippen molar-refractivity contribution in [3.05, 3.63) is 34.8 Å². The highest BCUT2D eigenvalue weighted by Gasteiger charge is 2.12. The first kappa shape index (κ1) is 13.5. The number of ether oxygens (including phenoxy) is 2. The Labute approximate surface area is 116 Å². The van der Waals surface area contributed by atoms with Gasteiger partial charge in [0, 0.05) is 12.7 Å². The van der Waals surface area contributed by atoms with Crippen molar-refractivity contribution in [2.24, 2.45) is 0 Å². The number of thiazole rings is 1. The van der Waals surface area contributed by atoms with E-state index < -0.39 is 0 Å². The zero-order valence-corrected chi connectivity index (χ0v) is 11.7. The number of rotatable bonds is 5. The maximum atomic E-state index is 9.08. The average Bonchev–Trinajstić information content (AvgIpc) is 2.83. The number of hydrogen-bond acceptors (Lipinski definition) is 5. The Balaban J connectivity index is 2.36. The lowest BCUT2D eigenvalue weighted by molar-refractivity contribution is 0.182. The van der Waals surface area contributed by atoms with Gasteiger partial charge in [-0.1, -0.05) is 12.1 Å². The molecule has 4 nitrogen and oxygen atoms in total. The Morgan fingerprint density at radius 2 is 2.26 bits per heavy atom. The van der Waals surface area contributed by atoms with E-state index >= 15 is 0 Å². The summed E-state index contributed by atoms with van der Waals surface area (Å²) in [6.07, 6.45) is 0. The molecule has 0 amide bonds. The Hall–Kier alpha value is -1.90. The topological polar surface area (TPSA) is 55.1 Å². The second-order valence-electron chi connectivity index (χ2n) is 3.80. The van der Waals surface area contributed by atoms with Gasteiger partial charge in [-0.15, -0.1) is 11.3 Å².